The molecule has 3 N–H and O–H groups in total. The average molecular weight is 417 g/mol. The summed E-state index contributed by atoms with van der Waals surface area (Å²) in [4.78, 5) is 11.2. The number of aliphatic hydroxyl groups is 3. The van der Waals surface area contributed by atoms with Gasteiger partial charge in [0.25, 0.3) is 0 Å². The molecular formula is C22H37ClO5. The highest BCUT2D eigenvalue weighted by Crippen LogP contribution is 2.45. The van der Waals surface area contributed by atoms with Crippen molar-refractivity contribution in [3.8, 4) is 0 Å². The third kappa shape index (κ3) is 6.81. The zero-order valence-electron chi connectivity index (χ0n) is 17.1. The Balaban J connectivity index is 1.80. The van der Waals surface area contributed by atoms with Gasteiger partial charge in [0, 0.05) is 18.8 Å². The van der Waals surface area contributed by atoms with Gasteiger partial charge in [-0.05, 0) is 38.0 Å². The zero-order chi connectivity index (χ0) is 20.6. The molecule has 28 heavy (non-hydrogen) atoms. The molecule has 0 aromatic carbocycles. The van der Waals surface area contributed by atoms with Crippen molar-refractivity contribution >= 4 is 17.4 Å². The standard InChI is InChI=1S/C22H37ClO5/c1-2-3-10-22(27,15-23)11-6-9-18-19-12-17(28-21(19)13-20(18)26)8-5-4-7-16(25)14-24/h6,9,17-21,24,26-27H,2-5,7-8,10-15H2,1H3/b9-6+/t17?,18-,19-,20-,21+,22?/m1/s1. The van der Waals surface area contributed by atoms with E-state index in [1.54, 1.807) is 0 Å². The molecule has 6 heteroatoms. The summed E-state index contributed by atoms with van der Waals surface area (Å²) in [6.45, 7) is 1.73. The molecule has 1 aliphatic heterocycles. The minimum Gasteiger partial charge on any atom is -0.392 e. The first kappa shape index (κ1) is 23.8. The van der Waals surface area contributed by atoms with Gasteiger partial charge in [-0.2, -0.15) is 0 Å². The summed E-state index contributed by atoms with van der Waals surface area (Å²) in [5.74, 6) is 0.501. The lowest BCUT2D eigenvalue weighted by Crippen LogP contribution is -2.30. The third-order valence-electron chi connectivity index (χ3n) is 6.30. The van der Waals surface area contributed by atoms with Gasteiger partial charge < -0.3 is 20.1 Å². The highest BCUT2D eigenvalue weighted by atomic mass is 35.5. The van der Waals surface area contributed by atoms with Crippen LogP contribution in [0.25, 0.3) is 0 Å². The topological polar surface area (TPSA) is 87.0 Å². The molecule has 162 valence electrons. The number of halogens is 1. The monoisotopic (exact) mass is 416 g/mol. The minimum atomic E-state index is -0.863. The fraction of sp³-hybridized carbons (Fsp3) is 0.864. The lowest BCUT2D eigenvalue weighted by atomic mass is 9.88. The number of fused-ring (bicyclic) bond motifs is 1. The number of Topliss-reactive ketones (excluding diaryl/α,β-unsaturated/α-hetero) is 1. The van der Waals surface area contributed by atoms with E-state index in [1.807, 2.05) is 6.08 Å². The van der Waals surface area contributed by atoms with E-state index in [0.29, 0.717) is 31.6 Å². The number of aliphatic hydroxyl groups excluding tert-OH is 2. The predicted molar refractivity (Wildman–Crippen MR) is 110 cm³/mol. The molecule has 5 nitrogen and oxygen atoms in total. The number of hydrogen-bond donors (Lipinski definition) is 3. The van der Waals surface area contributed by atoms with Crippen molar-refractivity contribution in [2.24, 2.45) is 11.8 Å². The minimum absolute atomic E-state index is 0.0664. The van der Waals surface area contributed by atoms with Crippen molar-refractivity contribution in [1.29, 1.82) is 0 Å². The maximum atomic E-state index is 11.2. The van der Waals surface area contributed by atoms with Crippen LogP contribution in [-0.2, 0) is 9.53 Å². The third-order valence-corrected chi connectivity index (χ3v) is 6.80. The molecule has 0 radical (unpaired) electrons. The van der Waals surface area contributed by atoms with Gasteiger partial charge in [0.15, 0.2) is 5.78 Å². The number of hydrogen-bond acceptors (Lipinski definition) is 5. The smallest absolute Gasteiger partial charge is 0.158 e. The van der Waals surface area contributed by atoms with E-state index in [2.05, 4.69) is 13.0 Å². The molecule has 1 heterocycles. The van der Waals surface area contributed by atoms with Crippen molar-refractivity contribution in [3.63, 3.8) is 0 Å². The Kier molecular flexibility index (Phi) is 9.91. The summed E-state index contributed by atoms with van der Waals surface area (Å²) in [6, 6.07) is 0. The van der Waals surface area contributed by atoms with Gasteiger partial charge in [0.1, 0.15) is 6.61 Å². The molecule has 1 aliphatic carbocycles. The Morgan fingerprint density at radius 1 is 1.29 bits per heavy atom. The summed E-state index contributed by atoms with van der Waals surface area (Å²) in [7, 11) is 0. The Bertz CT molecular complexity index is 511. The maximum Gasteiger partial charge on any atom is 0.158 e. The quantitative estimate of drug-likeness (QED) is 0.243. The number of ether oxygens (including phenoxy) is 1. The number of unbranched alkanes of at least 4 members (excludes halogenated alkanes) is 2. The number of ketones is 1. The van der Waals surface area contributed by atoms with Crippen molar-refractivity contribution in [3.05, 3.63) is 12.2 Å². The van der Waals surface area contributed by atoms with Crippen LogP contribution in [0.3, 0.4) is 0 Å². The first-order valence-electron chi connectivity index (χ1n) is 10.8. The van der Waals surface area contributed by atoms with E-state index < -0.39 is 11.7 Å². The van der Waals surface area contributed by atoms with Crippen LogP contribution in [0.1, 0.15) is 71.1 Å². The molecule has 1 saturated carbocycles. The zero-order valence-corrected chi connectivity index (χ0v) is 17.8. The molecule has 1 saturated heterocycles. The molecule has 0 aromatic heterocycles. The summed E-state index contributed by atoms with van der Waals surface area (Å²) in [5.41, 5.74) is -0.863. The van der Waals surface area contributed by atoms with Crippen LogP contribution < -0.4 is 0 Å². The van der Waals surface area contributed by atoms with Gasteiger partial charge in [-0.3, -0.25) is 4.79 Å². The normalized spacial score (nSPS) is 32.0. The van der Waals surface area contributed by atoms with Crippen molar-refractivity contribution < 1.29 is 24.9 Å². The molecular weight excluding hydrogens is 380 g/mol. The van der Waals surface area contributed by atoms with E-state index in [4.69, 9.17) is 21.4 Å². The largest absolute Gasteiger partial charge is 0.392 e. The van der Waals surface area contributed by atoms with Gasteiger partial charge in [-0.25, -0.2) is 0 Å². The molecule has 2 rings (SSSR count). The maximum absolute atomic E-state index is 11.2. The van der Waals surface area contributed by atoms with Crippen LogP contribution in [0.2, 0.25) is 0 Å². The highest BCUT2D eigenvalue weighted by molar-refractivity contribution is 6.18. The van der Waals surface area contributed by atoms with Crippen LogP contribution in [0.5, 0.6) is 0 Å². The SMILES string of the molecule is CCCCC(O)(CCl)C/C=C/[C@@H]1[C@H]2CC(CCCCC(=O)CO)O[C@H]2C[C@H]1O. The van der Waals surface area contributed by atoms with Crippen LogP contribution in [0, 0.1) is 11.8 Å². The summed E-state index contributed by atoms with van der Waals surface area (Å²) in [5, 5.41) is 29.8. The lowest BCUT2D eigenvalue weighted by molar-refractivity contribution is -0.121. The van der Waals surface area contributed by atoms with Gasteiger partial charge in [-0.1, -0.05) is 38.3 Å². The molecule has 0 aromatic rings. The van der Waals surface area contributed by atoms with Gasteiger partial charge in [0.05, 0.1) is 29.8 Å². The second-order valence-electron chi connectivity index (χ2n) is 8.61. The van der Waals surface area contributed by atoms with Gasteiger partial charge in [-0.15, -0.1) is 11.6 Å². The van der Waals surface area contributed by atoms with Gasteiger partial charge in [0.2, 0.25) is 0 Å². The lowest BCUT2D eigenvalue weighted by Gasteiger charge is -2.24. The van der Waals surface area contributed by atoms with E-state index >= 15 is 0 Å². The molecule has 0 amide bonds. The van der Waals surface area contributed by atoms with E-state index in [-0.39, 0.29) is 36.4 Å². The van der Waals surface area contributed by atoms with Crippen molar-refractivity contribution in [2.45, 2.75) is 95.0 Å². The van der Waals surface area contributed by atoms with Crippen LogP contribution in [0.4, 0.5) is 0 Å². The first-order chi connectivity index (χ1) is 13.4. The summed E-state index contributed by atoms with van der Waals surface area (Å²) in [6.07, 6.45) is 11.8. The molecule has 6 atom stereocenters. The molecule has 0 bridgehead atoms. The Labute approximate surface area is 174 Å². The Morgan fingerprint density at radius 3 is 2.75 bits per heavy atom. The summed E-state index contributed by atoms with van der Waals surface area (Å²) < 4.78 is 6.14. The fourth-order valence-corrected chi connectivity index (χ4v) is 4.82. The van der Waals surface area contributed by atoms with Crippen LogP contribution in [0.15, 0.2) is 12.2 Å². The predicted octanol–water partition coefficient (Wildman–Crippen LogP) is 3.37. The number of alkyl halides is 1. The van der Waals surface area contributed by atoms with Crippen molar-refractivity contribution in [2.75, 3.05) is 12.5 Å². The van der Waals surface area contributed by atoms with E-state index in [9.17, 15) is 15.0 Å². The molecule has 0 spiro atoms. The number of carbonyl (C=O) groups is 1. The fourth-order valence-electron chi connectivity index (χ4n) is 4.58. The van der Waals surface area contributed by atoms with Crippen LogP contribution >= 0.6 is 11.6 Å². The van der Waals surface area contributed by atoms with E-state index in [0.717, 1.165) is 38.5 Å². The number of carbonyl (C=O) groups excluding carboxylic acids is 1. The first-order valence-corrected chi connectivity index (χ1v) is 11.4. The molecule has 2 fully saturated rings. The highest BCUT2D eigenvalue weighted by Gasteiger charge is 2.47. The second kappa shape index (κ2) is 11.7. The second-order valence-corrected chi connectivity index (χ2v) is 8.88. The summed E-state index contributed by atoms with van der Waals surface area (Å²) >= 11 is 5.98. The average Bonchev–Trinajstić information content (AvgIpc) is 3.20. The number of rotatable bonds is 13. The van der Waals surface area contributed by atoms with Crippen LogP contribution in [-0.4, -0.2) is 57.5 Å². The van der Waals surface area contributed by atoms with E-state index in [1.165, 1.54) is 0 Å². The molecule has 2 aliphatic rings. The van der Waals surface area contributed by atoms with Crippen molar-refractivity contribution in [1.82, 2.24) is 0 Å². The Hall–Kier alpha value is -0.460. The molecule has 2 unspecified atom stereocenters. The Morgan fingerprint density at radius 2 is 2.07 bits per heavy atom. The van der Waals surface area contributed by atoms with Gasteiger partial charge >= 0.3 is 0 Å².